The molecule has 2 aromatic heterocycles. The molecule has 6 heteroatoms. The van der Waals surface area contributed by atoms with Crippen LogP contribution in [0, 0.1) is 5.41 Å². The Morgan fingerprint density at radius 1 is 1.32 bits per heavy atom. The summed E-state index contributed by atoms with van der Waals surface area (Å²) < 4.78 is 1.79. The molecule has 1 fully saturated rings. The summed E-state index contributed by atoms with van der Waals surface area (Å²) in [6, 6.07) is 0. The fraction of sp³-hybridized carbons (Fsp3) is 0.615. The van der Waals surface area contributed by atoms with Crippen molar-refractivity contribution in [1.82, 2.24) is 19.7 Å². The zero-order valence-electron chi connectivity index (χ0n) is 11.5. The van der Waals surface area contributed by atoms with Gasteiger partial charge in [0.2, 0.25) is 0 Å². The number of hydrogen-bond donors (Lipinski definition) is 1. The lowest BCUT2D eigenvalue weighted by Crippen LogP contribution is -2.42. The Kier molecular flexibility index (Phi) is 2.89. The van der Waals surface area contributed by atoms with Gasteiger partial charge in [-0.15, -0.1) is 0 Å². The minimum absolute atomic E-state index is 0.275. The zero-order valence-corrected chi connectivity index (χ0v) is 11.5. The van der Waals surface area contributed by atoms with Crippen LogP contribution in [0.25, 0.3) is 11.0 Å². The van der Waals surface area contributed by atoms with Gasteiger partial charge in [-0.05, 0) is 24.8 Å². The van der Waals surface area contributed by atoms with Gasteiger partial charge in [0.1, 0.15) is 12.1 Å². The average molecular weight is 260 g/mol. The summed E-state index contributed by atoms with van der Waals surface area (Å²) in [5.74, 6) is 0.997. The van der Waals surface area contributed by atoms with Crippen molar-refractivity contribution in [3.8, 4) is 0 Å². The van der Waals surface area contributed by atoms with Gasteiger partial charge in [-0.3, -0.25) is 4.68 Å². The van der Waals surface area contributed by atoms with Crippen LogP contribution < -0.4 is 10.6 Å². The van der Waals surface area contributed by atoms with E-state index < -0.39 is 0 Å². The molecule has 0 spiro atoms. The summed E-state index contributed by atoms with van der Waals surface area (Å²) in [5, 5.41) is 5.29. The number of hydrogen-bond acceptors (Lipinski definition) is 5. The predicted octanol–water partition coefficient (Wildman–Crippen LogP) is 0.929. The first-order valence-corrected chi connectivity index (χ1v) is 6.71. The summed E-state index contributed by atoms with van der Waals surface area (Å²) in [7, 11) is 1.90. The number of nitrogens with zero attached hydrogens (tertiary/aromatic N) is 5. The Morgan fingerprint density at radius 3 is 2.74 bits per heavy atom. The lowest BCUT2D eigenvalue weighted by Gasteiger charge is -2.39. The Labute approximate surface area is 112 Å². The lowest BCUT2D eigenvalue weighted by molar-refractivity contribution is 0.258. The maximum Gasteiger partial charge on any atom is 0.163 e. The van der Waals surface area contributed by atoms with Gasteiger partial charge >= 0.3 is 0 Å². The molecule has 1 aliphatic rings. The van der Waals surface area contributed by atoms with Gasteiger partial charge in [0.15, 0.2) is 5.65 Å². The Morgan fingerprint density at radius 2 is 2.05 bits per heavy atom. The van der Waals surface area contributed by atoms with Crippen molar-refractivity contribution in [2.45, 2.75) is 19.8 Å². The Hall–Kier alpha value is -1.69. The average Bonchev–Trinajstić information content (AvgIpc) is 2.82. The van der Waals surface area contributed by atoms with Crippen molar-refractivity contribution in [1.29, 1.82) is 0 Å². The van der Waals surface area contributed by atoms with Crippen LogP contribution in [0.1, 0.15) is 19.8 Å². The van der Waals surface area contributed by atoms with E-state index in [1.165, 1.54) is 0 Å². The van der Waals surface area contributed by atoms with Crippen molar-refractivity contribution < 1.29 is 0 Å². The van der Waals surface area contributed by atoms with Gasteiger partial charge in [-0.2, -0.15) is 5.10 Å². The molecule has 1 aliphatic heterocycles. The van der Waals surface area contributed by atoms with Gasteiger partial charge in [-0.25, -0.2) is 9.97 Å². The van der Waals surface area contributed by atoms with E-state index in [1.54, 1.807) is 11.0 Å². The molecule has 19 heavy (non-hydrogen) atoms. The number of anilines is 1. The number of rotatable bonds is 2. The maximum absolute atomic E-state index is 5.86. The van der Waals surface area contributed by atoms with Crippen molar-refractivity contribution in [3.05, 3.63) is 12.5 Å². The molecule has 3 heterocycles. The molecule has 102 valence electrons. The molecular weight excluding hydrogens is 240 g/mol. The summed E-state index contributed by atoms with van der Waals surface area (Å²) >= 11 is 0. The fourth-order valence-electron chi connectivity index (χ4n) is 2.66. The van der Waals surface area contributed by atoms with Crippen molar-refractivity contribution in [2.24, 2.45) is 18.2 Å². The largest absolute Gasteiger partial charge is 0.356 e. The van der Waals surface area contributed by atoms with Crippen LogP contribution in [0.3, 0.4) is 0 Å². The first kappa shape index (κ1) is 12.3. The van der Waals surface area contributed by atoms with E-state index in [1.807, 2.05) is 13.2 Å². The molecule has 0 radical (unpaired) electrons. The molecule has 0 saturated carbocycles. The van der Waals surface area contributed by atoms with Gasteiger partial charge in [0.25, 0.3) is 0 Å². The molecular formula is C13H20N6. The quantitative estimate of drug-likeness (QED) is 0.869. The summed E-state index contributed by atoms with van der Waals surface area (Å²) in [5.41, 5.74) is 7.02. The molecule has 0 unspecified atom stereocenters. The van der Waals surface area contributed by atoms with Gasteiger partial charge in [-0.1, -0.05) is 6.92 Å². The standard InChI is InChI=1S/C13H20N6/c1-13(8-14)3-5-19(6-4-13)12-10-7-17-18(2)11(10)15-9-16-12/h7,9H,3-6,8,14H2,1-2H3. The molecule has 0 aliphatic carbocycles. The summed E-state index contributed by atoms with van der Waals surface area (Å²) in [6.45, 7) is 5.01. The highest BCUT2D eigenvalue weighted by molar-refractivity contribution is 5.86. The molecule has 6 nitrogen and oxygen atoms in total. The monoisotopic (exact) mass is 260 g/mol. The SMILES string of the molecule is Cn1ncc2c(N3CCC(C)(CN)CC3)ncnc21. The first-order valence-electron chi connectivity index (χ1n) is 6.71. The van der Waals surface area contributed by atoms with Gasteiger partial charge in [0, 0.05) is 20.1 Å². The molecule has 2 aromatic rings. The van der Waals surface area contributed by atoms with Crippen molar-refractivity contribution in [3.63, 3.8) is 0 Å². The molecule has 0 bridgehead atoms. The number of aryl methyl sites for hydroxylation is 1. The minimum Gasteiger partial charge on any atom is -0.356 e. The second kappa shape index (κ2) is 4.45. The highest BCUT2D eigenvalue weighted by atomic mass is 15.3. The molecule has 0 amide bonds. The third-order valence-electron chi connectivity index (χ3n) is 4.27. The van der Waals surface area contributed by atoms with E-state index in [9.17, 15) is 0 Å². The van der Waals surface area contributed by atoms with Gasteiger partial charge in [0.05, 0.1) is 11.6 Å². The van der Waals surface area contributed by atoms with Crippen LogP contribution in [-0.4, -0.2) is 39.4 Å². The third kappa shape index (κ3) is 2.06. The maximum atomic E-state index is 5.86. The minimum atomic E-state index is 0.275. The molecule has 0 atom stereocenters. The van der Waals surface area contributed by atoms with Crippen LogP contribution in [0.4, 0.5) is 5.82 Å². The highest BCUT2D eigenvalue weighted by Crippen LogP contribution is 2.33. The van der Waals surface area contributed by atoms with Gasteiger partial charge < -0.3 is 10.6 Å². The topological polar surface area (TPSA) is 72.9 Å². The van der Waals surface area contributed by atoms with Crippen LogP contribution in [0.15, 0.2) is 12.5 Å². The second-order valence-electron chi connectivity index (χ2n) is 5.70. The van der Waals surface area contributed by atoms with E-state index in [4.69, 9.17) is 5.73 Å². The predicted molar refractivity (Wildman–Crippen MR) is 74.9 cm³/mol. The number of nitrogens with two attached hydrogens (primary N) is 1. The van der Waals surface area contributed by atoms with Crippen LogP contribution in [-0.2, 0) is 7.05 Å². The second-order valence-corrected chi connectivity index (χ2v) is 5.70. The van der Waals surface area contributed by atoms with Crippen LogP contribution in [0.2, 0.25) is 0 Å². The van der Waals surface area contributed by atoms with Crippen LogP contribution in [0.5, 0.6) is 0 Å². The summed E-state index contributed by atoms with van der Waals surface area (Å²) in [6.07, 6.45) is 5.68. The summed E-state index contributed by atoms with van der Waals surface area (Å²) in [4.78, 5) is 11.1. The Bertz CT molecular complexity index is 582. The number of fused-ring (bicyclic) bond motifs is 1. The van der Waals surface area contributed by atoms with E-state index in [-0.39, 0.29) is 5.41 Å². The van der Waals surface area contributed by atoms with Crippen molar-refractivity contribution >= 4 is 16.9 Å². The Balaban J connectivity index is 1.90. The molecule has 1 saturated heterocycles. The number of piperidine rings is 1. The normalized spacial score (nSPS) is 19.0. The van der Waals surface area contributed by atoms with E-state index in [0.717, 1.165) is 49.3 Å². The smallest absolute Gasteiger partial charge is 0.163 e. The third-order valence-corrected chi connectivity index (χ3v) is 4.27. The first-order chi connectivity index (χ1) is 9.13. The van der Waals surface area contributed by atoms with E-state index in [0.29, 0.717) is 0 Å². The fourth-order valence-corrected chi connectivity index (χ4v) is 2.66. The number of aromatic nitrogens is 4. The highest BCUT2D eigenvalue weighted by Gasteiger charge is 2.30. The van der Waals surface area contributed by atoms with E-state index >= 15 is 0 Å². The molecule has 2 N–H and O–H groups in total. The zero-order chi connectivity index (χ0) is 13.5. The molecule has 3 rings (SSSR count). The molecule has 0 aromatic carbocycles. The lowest BCUT2D eigenvalue weighted by atomic mass is 9.80. The van der Waals surface area contributed by atoms with E-state index in [2.05, 4.69) is 26.9 Å². The van der Waals surface area contributed by atoms with Crippen LogP contribution >= 0.6 is 0 Å². The van der Waals surface area contributed by atoms with Crippen molar-refractivity contribution in [2.75, 3.05) is 24.5 Å².